The first-order chi connectivity index (χ1) is 12.5. The van der Waals surface area contributed by atoms with Gasteiger partial charge in [0.1, 0.15) is 0 Å². The predicted octanol–water partition coefficient (Wildman–Crippen LogP) is 7.56. The van der Waals surface area contributed by atoms with Crippen LogP contribution in [0.2, 0.25) is 10.0 Å². The minimum Gasteiger partial charge on any atom is -0.169 e. The lowest BCUT2D eigenvalue weighted by molar-refractivity contribution is -0.288. The van der Waals surface area contributed by atoms with E-state index in [0.29, 0.717) is 11.5 Å². The van der Waals surface area contributed by atoms with E-state index in [1.807, 2.05) is 0 Å². The number of rotatable bonds is 2. The third-order valence-corrected chi connectivity index (χ3v) is 4.93. The summed E-state index contributed by atoms with van der Waals surface area (Å²) in [4.78, 5) is 0. The van der Waals surface area contributed by atoms with Crippen LogP contribution >= 0.6 is 23.2 Å². The Bertz CT molecular complexity index is 977. The van der Waals surface area contributed by atoms with Crippen LogP contribution < -0.4 is 0 Å². The summed E-state index contributed by atoms with van der Waals surface area (Å²) in [5.41, 5.74) is -6.47. The van der Waals surface area contributed by atoms with E-state index in [1.165, 1.54) is 18.2 Å². The molecule has 8 heteroatoms. The first kappa shape index (κ1) is 19.8. The molecule has 0 N–H and O–H groups in total. The van der Waals surface area contributed by atoms with E-state index >= 15 is 0 Å². The van der Waals surface area contributed by atoms with Gasteiger partial charge < -0.3 is 0 Å². The molecule has 142 valence electrons. The highest BCUT2D eigenvalue weighted by Crippen LogP contribution is 2.58. The van der Waals surface area contributed by atoms with E-state index in [2.05, 4.69) is 0 Å². The van der Waals surface area contributed by atoms with Crippen LogP contribution in [-0.4, -0.2) is 12.4 Å². The highest BCUT2D eigenvalue weighted by atomic mass is 35.5. The summed E-state index contributed by atoms with van der Waals surface area (Å²) in [6.07, 6.45) is -11.4. The predicted molar refractivity (Wildman–Crippen MR) is 93.3 cm³/mol. The highest BCUT2D eigenvalue weighted by molar-refractivity contribution is 6.33. The standard InChI is InChI=1S/C19H10Cl2F6/c20-14-7-8-16(21)15(10-14)17(18(22,23)24,19(25,26)27)13-6-5-11-3-1-2-4-12(11)9-13/h1-10H. The lowest BCUT2D eigenvalue weighted by Gasteiger charge is -2.39. The molecule has 0 amide bonds. The zero-order valence-electron chi connectivity index (χ0n) is 13.3. The van der Waals surface area contributed by atoms with Gasteiger partial charge in [-0.1, -0.05) is 59.6 Å². The van der Waals surface area contributed by atoms with Gasteiger partial charge >= 0.3 is 12.4 Å². The Balaban J connectivity index is 2.47. The van der Waals surface area contributed by atoms with Gasteiger partial charge in [0.05, 0.1) is 0 Å². The molecule has 0 aliphatic carbocycles. The molecule has 0 saturated heterocycles. The molecule has 0 nitrogen and oxygen atoms in total. The monoisotopic (exact) mass is 422 g/mol. The van der Waals surface area contributed by atoms with Gasteiger partial charge in [-0.05, 0) is 40.6 Å². The maximum Gasteiger partial charge on any atom is 0.411 e. The molecule has 3 rings (SSSR count). The highest BCUT2D eigenvalue weighted by Gasteiger charge is 2.73. The minimum atomic E-state index is -5.72. The molecule has 0 saturated carbocycles. The van der Waals surface area contributed by atoms with E-state index in [1.54, 1.807) is 12.1 Å². The van der Waals surface area contributed by atoms with Gasteiger partial charge in [0.15, 0.2) is 0 Å². The van der Waals surface area contributed by atoms with Gasteiger partial charge in [-0.2, -0.15) is 26.3 Å². The maximum atomic E-state index is 14.1. The van der Waals surface area contributed by atoms with Crippen molar-refractivity contribution in [3.63, 3.8) is 0 Å². The lowest BCUT2D eigenvalue weighted by Crippen LogP contribution is -2.55. The first-order valence-corrected chi connectivity index (χ1v) is 8.32. The molecule has 0 bridgehead atoms. The molecule has 27 heavy (non-hydrogen) atoms. The Morgan fingerprint density at radius 1 is 0.630 bits per heavy atom. The SMILES string of the molecule is FC(F)(F)C(c1ccc2ccccc2c1)(c1cc(Cl)ccc1Cl)C(F)(F)F. The Labute approximate surface area is 160 Å². The van der Waals surface area contributed by atoms with Crippen molar-refractivity contribution in [2.75, 3.05) is 0 Å². The molecule has 0 spiro atoms. The number of alkyl halides is 6. The number of halogens is 8. The third-order valence-electron chi connectivity index (χ3n) is 4.37. The lowest BCUT2D eigenvalue weighted by atomic mass is 9.72. The molecule has 0 heterocycles. The van der Waals surface area contributed by atoms with Crippen LogP contribution in [-0.2, 0) is 5.41 Å². The van der Waals surface area contributed by atoms with Crippen molar-refractivity contribution in [1.29, 1.82) is 0 Å². The molecule has 3 aromatic rings. The summed E-state index contributed by atoms with van der Waals surface area (Å²) >= 11 is 11.5. The summed E-state index contributed by atoms with van der Waals surface area (Å²) in [6.45, 7) is 0. The summed E-state index contributed by atoms with van der Waals surface area (Å²) in [7, 11) is 0. The fraction of sp³-hybridized carbons (Fsp3) is 0.158. The quantitative estimate of drug-likeness (QED) is 0.373. The second kappa shape index (κ2) is 6.60. The first-order valence-electron chi connectivity index (χ1n) is 7.57. The van der Waals surface area contributed by atoms with Crippen LogP contribution in [0.4, 0.5) is 26.3 Å². The summed E-state index contributed by atoms with van der Waals surface area (Å²) in [5.74, 6) is 0. The van der Waals surface area contributed by atoms with Gasteiger partial charge in [-0.3, -0.25) is 0 Å². The smallest absolute Gasteiger partial charge is 0.169 e. The van der Waals surface area contributed by atoms with Gasteiger partial charge in [-0.15, -0.1) is 0 Å². The number of hydrogen-bond donors (Lipinski definition) is 0. The topological polar surface area (TPSA) is 0 Å². The van der Waals surface area contributed by atoms with Crippen LogP contribution in [0.15, 0.2) is 60.7 Å². The number of fused-ring (bicyclic) bond motifs is 1. The normalized spacial score (nSPS) is 13.2. The van der Waals surface area contributed by atoms with Gasteiger partial charge in [0.2, 0.25) is 5.41 Å². The largest absolute Gasteiger partial charge is 0.411 e. The van der Waals surface area contributed by atoms with Gasteiger partial charge in [-0.25, -0.2) is 0 Å². The van der Waals surface area contributed by atoms with Crippen molar-refractivity contribution in [2.24, 2.45) is 0 Å². The summed E-state index contributed by atoms with van der Waals surface area (Å²) in [5, 5.41) is -0.210. The zero-order valence-corrected chi connectivity index (χ0v) is 14.8. The van der Waals surface area contributed by atoms with Crippen molar-refractivity contribution >= 4 is 34.0 Å². The van der Waals surface area contributed by atoms with Crippen molar-refractivity contribution in [1.82, 2.24) is 0 Å². The fourth-order valence-electron chi connectivity index (χ4n) is 3.16. The van der Waals surface area contributed by atoms with Crippen LogP contribution in [0.5, 0.6) is 0 Å². The Hall–Kier alpha value is -1.92. The van der Waals surface area contributed by atoms with E-state index in [4.69, 9.17) is 23.2 Å². The van der Waals surface area contributed by atoms with Crippen molar-refractivity contribution in [3.05, 3.63) is 81.8 Å². The maximum absolute atomic E-state index is 14.1. The third kappa shape index (κ3) is 3.15. The molecule has 3 aromatic carbocycles. The van der Waals surface area contributed by atoms with Crippen LogP contribution in [0.1, 0.15) is 11.1 Å². The number of benzene rings is 3. The van der Waals surface area contributed by atoms with E-state index in [9.17, 15) is 26.3 Å². The van der Waals surface area contributed by atoms with Crippen molar-refractivity contribution in [3.8, 4) is 0 Å². The Morgan fingerprint density at radius 2 is 1.22 bits per heavy atom. The molecule has 0 fully saturated rings. The van der Waals surface area contributed by atoms with Gasteiger partial charge in [0.25, 0.3) is 0 Å². The molecule has 0 aromatic heterocycles. The molecule has 0 aliphatic heterocycles. The molecular formula is C19H10Cl2F6. The molecular weight excluding hydrogens is 413 g/mol. The van der Waals surface area contributed by atoms with E-state index in [-0.39, 0.29) is 10.4 Å². The second-order valence-corrected chi connectivity index (χ2v) is 6.78. The molecule has 0 unspecified atom stereocenters. The number of hydrogen-bond acceptors (Lipinski definition) is 0. The fourth-order valence-corrected chi connectivity index (χ4v) is 3.59. The average Bonchev–Trinajstić information content (AvgIpc) is 2.56. The average molecular weight is 423 g/mol. The molecule has 0 atom stereocenters. The van der Waals surface area contributed by atoms with Gasteiger partial charge in [0, 0.05) is 15.6 Å². The summed E-state index contributed by atoms with van der Waals surface area (Å²) < 4.78 is 84.8. The minimum absolute atomic E-state index is 0.242. The summed E-state index contributed by atoms with van der Waals surface area (Å²) in [6, 6.07) is 11.8. The van der Waals surface area contributed by atoms with Crippen molar-refractivity contribution in [2.45, 2.75) is 17.8 Å². The molecule has 0 aliphatic rings. The van der Waals surface area contributed by atoms with E-state index < -0.39 is 33.9 Å². The van der Waals surface area contributed by atoms with Crippen molar-refractivity contribution < 1.29 is 26.3 Å². The van der Waals surface area contributed by atoms with E-state index in [0.717, 1.165) is 24.3 Å². The van der Waals surface area contributed by atoms with Crippen LogP contribution in [0.25, 0.3) is 10.8 Å². The van der Waals surface area contributed by atoms with Crippen LogP contribution in [0.3, 0.4) is 0 Å². The Kier molecular flexibility index (Phi) is 4.85. The Morgan fingerprint density at radius 3 is 1.81 bits per heavy atom. The zero-order chi connectivity index (χ0) is 20.0. The second-order valence-electron chi connectivity index (χ2n) is 5.93. The molecule has 0 radical (unpaired) electrons. The van der Waals surface area contributed by atoms with Crippen LogP contribution in [0, 0.1) is 0 Å².